The zero-order chi connectivity index (χ0) is 16.7. The SMILES string of the molecule is O=C(NCc1cccc(OCC(F)(F)F)c1)Nc1ccccc1. The van der Waals surface area contributed by atoms with Crippen LogP contribution in [0.4, 0.5) is 23.7 Å². The van der Waals surface area contributed by atoms with Gasteiger partial charge in [0, 0.05) is 12.2 Å². The number of benzene rings is 2. The fraction of sp³-hybridized carbons (Fsp3) is 0.188. The molecule has 0 aliphatic rings. The van der Waals surface area contributed by atoms with Gasteiger partial charge in [0.2, 0.25) is 0 Å². The van der Waals surface area contributed by atoms with Crippen LogP contribution < -0.4 is 15.4 Å². The molecule has 0 aromatic heterocycles. The standard InChI is InChI=1S/C16H15F3N2O2/c17-16(18,19)11-23-14-8-4-5-12(9-14)10-20-15(22)21-13-6-2-1-3-7-13/h1-9H,10-11H2,(H2,20,21,22). The number of para-hydroxylation sites is 1. The van der Waals surface area contributed by atoms with E-state index in [1.54, 1.807) is 36.4 Å². The zero-order valence-electron chi connectivity index (χ0n) is 12.1. The highest BCUT2D eigenvalue weighted by molar-refractivity contribution is 5.89. The summed E-state index contributed by atoms with van der Waals surface area (Å²) in [5.41, 5.74) is 1.28. The Hall–Kier alpha value is -2.70. The second kappa shape index (κ2) is 7.53. The second-order valence-electron chi connectivity index (χ2n) is 4.72. The van der Waals surface area contributed by atoms with Gasteiger partial charge in [0.1, 0.15) is 5.75 Å². The molecule has 2 aromatic carbocycles. The maximum Gasteiger partial charge on any atom is 0.422 e. The second-order valence-corrected chi connectivity index (χ2v) is 4.72. The van der Waals surface area contributed by atoms with Crippen LogP contribution in [0.3, 0.4) is 0 Å². The zero-order valence-corrected chi connectivity index (χ0v) is 12.1. The Morgan fingerprint density at radius 1 is 1.04 bits per heavy atom. The number of carbonyl (C=O) groups excluding carboxylic acids is 1. The number of rotatable bonds is 5. The molecule has 4 nitrogen and oxygen atoms in total. The van der Waals surface area contributed by atoms with Crippen LogP contribution in [-0.4, -0.2) is 18.8 Å². The average Bonchev–Trinajstić information content (AvgIpc) is 2.52. The fourth-order valence-corrected chi connectivity index (χ4v) is 1.79. The van der Waals surface area contributed by atoms with Crippen molar-refractivity contribution < 1.29 is 22.7 Å². The first-order chi connectivity index (χ1) is 10.9. The van der Waals surface area contributed by atoms with Crippen LogP contribution in [0.2, 0.25) is 0 Å². The van der Waals surface area contributed by atoms with Gasteiger partial charge in [-0.25, -0.2) is 4.79 Å². The summed E-state index contributed by atoms with van der Waals surface area (Å²) in [5, 5.41) is 5.26. The third-order valence-corrected chi connectivity index (χ3v) is 2.79. The van der Waals surface area contributed by atoms with Crippen molar-refractivity contribution in [1.29, 1.82) is 0 Å². The van der Waals surface area contributed by atoms with Crippen LogP contribution in [0.25, 0.3) is 0 Å². The number of hydrogen-bond donors (Lipinski definition) is 2. The fourth-order valence-electron chi connectivity index (χ4n) is 1.79. The first kappa shape index (κ1) is 16.7. The van der Waals surface area contributed by atoms with Crippen LogP contribution in [0.15, 0.2) is 54.6 Å². The Labute approximate surface area is 131 Å². The molecule has 0 spiro atoms. The molecule has 7 heteroatoms. The minimum Gasteiger partial charge on any atom is -0.484 e. The number of alkyl halides is 3. The number of urea groups is 1. The van der Waals surface area contributed by atoms with Crippen molar-refractivity contribution in [1.82, 2.24) is 5.32 Å². The van der Waals surface area contributed by atoms with E-state index in [0.717, 1.165) is 0 Å². The van der Waals surface area contributed by atoms with Crippen LogP contribution in [0.5, 0.6) is 5.75 Å². The molecule has 0 aliphatic carbocycles. The van der Waals surface area contributed by atoms with E-state index < -0.39 is 18.8 Å². The van der Waals surface area contributed by atoms with Gasteiger partial charge in [-0.15, -0.1) is 0 Å². The van der Waals surface area contributed by atoms with Gasteiger partial charge in [-0.1, -0.05) is 30.3 Å². The Kier molecular flexibility index (Phi) is 5.46. The number of carbonyl (C=O) groups is 1. The molecule has 2 N–H and O–H groups in total. The van der Waals surface area contributed by atoms with E-state index in [-0.39, 0.29) is 12.3 Å². The molecule has 0 bridgehead atoms. The van der Waals surface area contributed by atoms with Crippen molar-refractivity contribution in [2.45, 2.75) is 12.7 Å². The first-order valence-corrected chi connectivity index (χ1v) is 6.81. The van der Waals surface area contributed by atoms with E-state index in [1.807, 2.05) is 6.07 Å². The summed E-state index contributed by atoms with van der Waals surface area (Å²) in [7, 11) is 0. The highest BCUT2D eigenvalue weighted by Gasteiger charge is 2.28. The van der Waals surface area contributed by atoms with E-state index in [1.165, 1.54) is 12.1 Å². The molecule has 2 amide bonds. The van der Waals surface area contributed by atoms with Gasteiger partial charge < -0.3 is 15.4 Å². The number of anilines is 1. The van der Waals surface area contributed by atoms with E-state index in [4.69, 9.17) is 0 Å². The first-order valence-electron chi connectivity index (χ1n) is 6.81. The molecule has 0 saturated carbocycles. The molecule has 23 heavy (non-hydrogen) atoms. The summed E-state index contributed by atoms with van der Waals surface area (Å²) < 4.78 is 41.0. The third-order valence-electron chi connectivity index (χ3n) is 2.79. The predicted molar refractivity (Wildman–Crippen MR) is 80.3 cm³/mol. The van der Waals surface area contributed by atoms with Gasteiger partial charge in [0.05, 0.1) is 0 Å². The minimum absolute atomic E-state index is 0.102. The topological polar surface area (TPSA) is 50.4 Å². The Morgan fingerprint density at radius 2 is 1.78 bits per heavy atom. The van der Waals surface area contributed by atoms with Gasteiger partial charge in [0.15, 0.2) is 6.61 Å². The summed E-state index contributed by atoms with van der Waals surface area (Å²) in [6.45, 7) is -1.18. The Morgan fingerprint density at radius 3 is 2.48 bits per heavy atom. The van der Waals surface area contributed by atoms with Gasteiger partial charge >= 0.3 is 12.2 Å². The number of halogens is 3. The van der Waals surface area contributed by atoms with Crippen molar-refractivity contribution in [3.05, 3.63) is 60.2 Å². The summed E-state index contributed by atoms with van der Waals surface area (Å²) >= 11 is 0. The summed E-state index contributed by atoms with van der Waals surface area (Å²) in [4.78, 5) is 11.7. The Balaban J connectivity index is 1.84. The van der Waals surface area contributed by atoms with Crippen molar-refractivity contribution in [2.24, 2.45) is 0 Å². The lowest BCUT2D eigenvalue weighted by Gasteiger charge is -2.11. The third kappa shape index (κ3) is 6.29. The summed E-state index contributed by atoms with van der Waals surface area (Å²) in [6.07, 6.45) is -4.39. The van der Waals surface area contributed by atoms with E-state index >= 15 is 0 Å². The van der Waals surface area contributed by atoms with Crippen LogP contribution in [0, 0.1) is 0 Å². The molecule has 0 aliphatic heterocycles. The highest BCUT2D eigenvalue weighted by atomic mass is 19.4. The van der Waals surface area contributed by atoms with Gasteiger partial charge in [-0.3, -0.25) is 0 Å². The van der Waals surface area contributed by atoms with Crippen molar-refractivity contribution in [3.63, 3.8) is 0 Å². The van der Waals surface area contributed by atoms with Gasteiger partial charge in [-0.2, -0.15) is 13.2 Å². The average molecular weight is 324 g/mol. The molecule has 2 rings (SSSR count). The smallest absolute Gasteiger partial charge is 0.422 e. The molecular formula is C16H15F3N2O2. The lowest BCUT2D eigenvalue weighted by molar-refractivity contribution is -0.153. The maximum atomic E-state index is 12.1. The molecule has 0 saturated heterocycles. The quantitative estimate of drug-likeness (QED) is 0.875. The minimum atomic E-state index is -4.39. The molecule has 0 unspecified atom stereocenters. The van der Waals surface area contributed by atoms with Crippen LogP contribution in [-0.2, 0) is 6.54 Å². The van der Waals surface area contributed by atoms with E-state index in [9.17, 15) is 18.0 Å². The van der Waals surface area contributed by atoms with E-state index in [2.05, 4.69) is 15.4 Å². The molecule has 0 radical (unpaired) electrons. The molecule has 2 aromatic rings. The number of hydrogen-bond acceptors (Lipinski definition) is 2. The predicted octanol–water partition coefficient (Wildman–Crippen LogP) is 3.95. The number of amides is 2. The Bertz CT molecular complexity index is 645. The lowest BCUT2D eigenvalue weighted by atomic mass is 10.2. The maximum absolute atomic E-state index is 12.1. The van der Waals surface area contributed by atoms with Crippen LogP contribution in [0.1, 0.15) is 5.56 Å². The largest absolute Gasteiger partial charge is 0.484 e. The summed E-state index contributed by atoms with van der Waals surface area (Å²) in [6, 6.07) is 14.6. The normalized spacial score (nSPS) is 10.9. The molecular weight excluding hydrogens is 309 g/mol. The monoisotopic (exact) mass is 324 g/mol. The molecule has 0 heterocycles. The molecule has 0 fully saturated rings. The van der Waals surface area contributed by atoms with Gasteiger partial charge in [-0.05, 0) is 29.8 Å². The number of nitrogens with one attached hydrogen (secondary N) is 2. The highest BCUT2D eigenvalue weighted by Crippen LogP contribution is 2.19. The molecule has 122 valence electrons. The van der Waals surface area contributed by atoms with Crippen LogP contribution >= 0.6 is 0 Å². The van der Waals surface area contributed by atoms with Crippen molar-refractivity contribution >= 4 is 11.7 Å². The van der Waals surface area contributed by atoms with Gasteiger partial charge in [0.25, 0.3) is 0 Å². The van der Waals surface area contributed by atoms with Crippen molar-refractivity contribution in [3.8, 4) is 5.75 Å². The summed E-state index contributed by atoms with van der Waals surface area (Å²) in [5.74, 6) is 0.102. The molecule has 0 atom stereocenters. The lowest BCUT2D eigenvalue weighted by Crippen LogP contribution is -2.28. The van der Waals surface area contributed by atoms with Crippen molar-refractivity contribution in [2.75, 3.05) is 11.9 Å². The van der Waals surface area contributed by atoms with E-state index in [0.29, 0.717) is 11.3 Å². The number of ether oxygens (including phenoxy) is 1.